The third-order valence-corrected chi connectivity index (χ3v) is 4.97. The number of allylic oxidation sites excluding steroid dienone is 2. The number of carbonyl (C=O) groups is 2. The van der Waals surface area contributed by atoms with Crippen molar-refractivity contribution >= 4 is 23.2 Å². The Morgan fingerprint density at radius 3 is 2.43 bits per heavy atom. The second kappa shape index (κ2) is 6.43. The molecular formula is C16H21NO3S. The first-order valence-corrected chi connectivity index (χ1v) is 7.97. The summed E-state index contributed by atoms with van der Waals surface area (Å²) < 4.78 is 0. The number of hydrogen-bond acceptors (Lipinski definition) is 3. The average molecular weight is 307 g/mol. The molecule has 0 bridgehead atoms. The molecule has 0 spiro atoms. The van der Waals surface area contributed by atoms with E-state index in [0.717, 1.165) is 5.56 Å². The Morgan fingerprint density at radius 1 is 1.29 bits per heavy atom. The molecule has 1 aromatic rings. The fraction of sp³-hybridized carbons (Fsp3) is 0.500. The average Bonchev–Trinajstić information content (AvgIpc) is 2.77. The molecule has 0 aromatic carbocycles. The molecule has 0 saturated heterocycles. The van der Waals surface area contributed by atoms with Crippen LogP contribution in [0.2, 0.25) is 0 Å². The summed E-state index contributed by atoms with van der Waals surface area (Å²) in [6.45, 7) is 6.03. The summed E-state index contributed by atoms with van der Waals surface area (Å²) in [6.07, 6.45) is 4.67. The number of thiophene rings is 1. The maximum absolute atomic E-state index is 12.4. The quantitative estimate of drug-likeness (QED) is 0.839. The Morgan fingerprint density at radius 2 is 1.90 bits per heavy atom. The lowest BCUT2D eigenvalue weighted by Crippen LogP contribution is -2.39. The Hall–Kier alpha value is -1.62. The lowest BCUT2D eigenvalue weighted by Gasteiger charge is -2.26. The molecule has 1 aliphatic rings. The van der Waals surface area contributed by atoms with E-state index in [-0.39, 0.29) is 11.9 Å². The SMILES string of the molecule is Cc1cc([C@H](C)NC(=O)[C@H]2CC=CC[C@H]2C(=O)O)c(C)s1. The molecule has 0 saturated carbocycles. The number of nitrogens with one attached hydrogen (secondary N) is 1. The molecule has 0 fully saturated rings. The smallest absolute Gasteiger partial charge is 0.307 e. The number of carboxylic acid groups (broad SMARTS) is 1. The van der Waals surface area contributed by atoms with Gasteiger partial charge in [0, 0.05) is 9.75 Å². The Kier molecular flexibility index (Phi) is 4.83. The van der Waals surface area contributed by atoms with E-state index in [1.165, 1.54) is 9.75 Å². The van der Waals surface area contributed by atoms with Crippen LogP contribution in [0.5, 0.6) is 0 Å². The van der Waals surface area contributed by atoms with Gasteiger partial charge < -0.3 is 10.4 Å². The van der Waals surface area contributed by atoms with Gasteiger partial charge in [-0.1, -0.05) is 12.2 Å². The number of carbonyl (C=O) groups excluding carboxylic acids is 1. The fourth-order valence-corrected chi connectivity index (χ4v) is 3.88. The van der Waals surface area contributed by atoms with Gasteiger partial charge in [0.05, 0.1) is 17.9 Å². The first-order chi connectivity index (χ1) is 9.90. The highest BCUT2D eigenvalue weighted by atomic mass is 32.1. The van der Waals surface area contributed by atoms with Gasteiger partial charge in [-0.3, -0.25) is 9.59 Å². The normalized spacial score (nSPS) is 22.8. The second-order valence-corrected chi connectivity index (χ2v) is 7.05. The largest absolute Gasteiger partial charge is 0.481 e. The summed E-state index contributed by atoms with van der Waals surface area (Å²) in [5.41, 5.74) is 1.11. The summed E-state index contributed by atoms with van der Waals surface area (Å²) in [6, 6.07) is 1.99. The van der Waals surface area contributed by atoms with Crippen LogP contribution in [0.3, 0.4) is 0 Å². The van der Waals surface area contributed by atoms with E-state index in [1.54, 1.807) is 11.3 Å². The first-order valence-electron chi connectivity index (χ1n) is 7.15. The van der Waals surface area contributed by atoms with Gasteiger partial charge in [-0.05, 0) is 45.2 Å². The molecule has 1 amide bonds. The lowest BCUT2D eigenvalue weighted by molar-refractivity contribution is -0.147. The third kappa shape index (κ3) is 3.53. The summed E-state index contributed by atoms with van der Waals surface area (Å²) in [5.74, 6) is -2.15. The van der Waals surface area contributed by atoms with E-state index in [9.17, 15) is 14.7 Å². The first kappa shape index (κ1) is 15.8. The van der Waals surface area contributed by atoms with E-state index in [1.807, 2.05) is 32.9 Å². The highest BCUT2D eigenvalue weighted by molar-refractivity contribution is 7.12. The molecule has 1 aliphatic carbocycles. The van der Waals surface area contributed by atoms with Crippen LogP contribution in [0.4, 0.5) is 0 Å². The molecule has 114 valence electrons. The Labute approximate surface area is 128 Å². The van der Waals surface area contributed by atoms with E-state index >= 15 is 0 Å². The molecule has 2 N–H and O–H groups in total. The van der Waals surface area contributed by atoms with Crippen LogP contribution in [-0.4, -0.2) is 17.0 Å². The minimum Gasteiger partial charge on any atom is -0.481 e. The Balaban J connectivity index is 2.08. The molecule has 3 atom stereocenters. The zero-order valence-electron chi connectivity index (χ0n) is 12.6. The number of hydrogen-bond donors (Lipinski definition) is 2. The van der Waals surface area contributed by atoms with Crippen LogP contribution in [-0.2, 0) is 9.59 Å². The molecule has 21 heavy (non-hydrogen) atoms. The number of aryl methyl sites for hydroxylation is 2. The highest BCUT2D eigenvalue weighted by Gasteiger charge is 2.34. The van der Waals surface area contributed by atoms with Gasteiger partial charge in [0.2, 0.25) is 5.91 Å². The molecule has 1 heterocycles. The minimum atomic E-state index is -0.894. The minimum absolute atomic E-state index is 0.0946. The zero-order valence-corrected chi connectivity index (χ0v) is 13.4. The molecule has 5 heteroatoms. The van der Waals surface area contributed by atoms with E-state index in [4.69, 9.17) is 0 Å². The van der Waals surface area contributed by atoms with Crippen LogP contribution in [0.25, 0.3) is 0 Å². The Bertz CT molecular complexity index is 576. The van der Waals surface area contributed by atoms with Gasteiger partial charge >= 0.3 is 5.97 Å². The summed E-state index contributed by atoms with van der Waals surface area (Å²) >= 11 is 1.71. The number of rotatable bonds is 4. The predicted octanol–water partition coefficient (Wildman–Crippen LogP) is 3.21. The van der Waals surface area contributed by atoms with Gasteiger partial charge in [0.15, 0.2) is 0 Å². The van der Waals surface area contributed by atoms with Crippen molar-refractivity contribution in [2.75, 3.05) is 0 Å². The van der Waals surface area contributed by atoms with Crippen molar-refractivity contribution < 1.29 is 14.7 Å². The molecule has 0 unspecified atom stereocenters. The molecule has 1 aromatic heterocycles. The molecule has 0 radical (unpaired) electrons. The molecule has 2 rings (SSSR count). The standard InChI is InChI=1S/C16H21NO3S/c1-9-8-14(11(3)21-9)10(2)17-15(18)12-6-4-5-7-13(12)16(19)20/h4-5,8,10,12-13H,6-7H2,1-3H3,(H,17,18)(H,19,20)/t10-,12-,13+/m0/s1. The van der Waals surface area contributed by atoms with Gasteiger partial charge in [0.25, 0.3) is 0 Å². The van der Waals surface area contributed by atoms with E-state index in [2.05, 4.69) is 11.4 Å². The zero-order chi connectivity index (χ0) is 15.6. The van der Waals surface area contributed by atoms with Crippen molar-refractivity contribution in [3.63, 3.8) is 0 Å². The van der Waals surface area contributed by atoms with Gasteiger partial charge in [-0.25, -0.2) is 0 Å². The topological polar surface area (TPSA) is 66.4 Å². The van der Waals surface area contributed by atoms with Crippen molar-refractivity contribution in [2.45, 2.75) is 39.7 Å². The summed E-state index contributed by atoms with van der Waals surface area (Å²) in [4.78, 5) is 26.1. The van der Waals surface area contributed by atoms with Crippen molar-refractivity contribution in [2.24, 2.45) is 11.8 Å². The van der Waals surface area contributed by atoms with Crippen molar-refractivity contribution in [3.05, 3.63) is 33.5 Å². The monoisotopic (exact) mass is 307 g/mol. The van der Waals surface area contributed by atoms with Gasteiger partial charge in [-0.2, -0.15) is 0 Å². The molecule has 4 nitrogen and oxygen atoms in total. The third-order valence-electron chi connectivity index (χ3n) is 3.99. The lowest BCUT2D eigenvalue weighted by atomic mass is 9.82. The number of aliphatic carboxylic acids is 1. The fourth-order valence-electron chi connectivity index (χ4n) is 2.86. The van der Waals surface area contributed by atoms with E-state index in [0.29, 0.717) is 12.8 Å². The van der Waals surface area contributed by atoms with E-state index < -0.39 is 17.8 Å². The number of carboxylic acids is 1. The molecule has 0 aliphatic heterocycles. The number of amides is 1. The van der Waals surface area contributed by atoms with Crippen LogP contribution in [0, 0.1) is 25.7 Å². The summed E-state index contributed by atoms with van der Waals surface area (Å²) in [5, 5.41) is 12.2. The predicted molar refractivity (Wildman–Crippen MR) is 83.3 cm³/mol. The maximum Gasteiger partial charge on any atom is 0.307 e. The van der Waals surface area contributed by atoms with Crippen LogP contribution >= 0.6 is 11.3 Å². The van der Waals surface area contributed by atoms with Crippen LogP contribution in [0.15, 0.2) is 18.2 Å². The molecular weight excluding hydrogens is 286 g/mol. The maximum atomic E-state index is 12.4. The second-order valence-electron chi connectivity index (χ2n) is 5.59. The van der Waals surface area contributed by atoms with Crippen LogP contribution < -0.4 is 5.32 Å². The highest BCUT2D eigenvalue weighted by Crippen LogP contribution is 2.29. The van der Waals surface area contributed by atoms with Gasteiger partial charge in [0.1, 0.15) is 0 Å². The van der Waals surface area contributed by atoms with Crippen LogP contribution in [0.1, 0.15) is 41.1 Å². The van der Waals surface area contributed by atoms with Crippen molar-refractivity contribution in [1.82, 2.24) is 5.32 Å². The van der Waals surface area contributed by atoms with Gasteiger partial charge in [-0.15, -0.1) is 11.3 Å². The summed E-state index contributed by atoms with van der Waals surface area (Å²) in [7, 11) is 0. The van der Waals surface area contributed by atoms with Crippen molar-refractivity contribution in [3.8, 4) is 0 Å². The van der Waals surface area contributed by atoms with Crippen molar-refractivity contribution in [1.29, 1.82) is 0 Å².